The molecule has 0 spiro atoms. The van der Waals surface area contributed by atoms with Crippen LogP contribution < -0.4 is 10.6 Å². The Morgan fingerprint density at radius 2 is 1.78 bits per heavy atom. The van der Waals surface area contributed by atoms with Crippen LogP contribution in [0.1, 0.15) is 13.3 Å². The maximum absolute atomic E-state index is 11.5. The van der Waals surface area contributed by atoms with Gasteiger partial charge in [-0.2, -0.15) is 0 Å². The standard InChI is InChI=1S/C22H19N3OS/c1-2-21(26)23-17-12-10-16(11-13-17)20-14-27-22(25-20)24-19-9-5-7-15-6-3-4-8-18(15)19/h3-14H,2H2,1H3,(H,23,26)(H,24,25). The third-order valence-corrected chi connectivity index (χ3v) is 5.08. The van der Waals surface area contributed by atoms with Gasteiger partial charge in [0, 0.05) is 34.1 Å². The van der Waals surface area contributed by atoms with E-state index in [0.29, 0.717) is 6.42 Å². The summed E-state index contributed by atoms with van der Waals surface area (Å²) in [5.74, 6) is 0.0120. The first-order valence-electron chi connectivity index (χ1n) is 8.83. The zero-order chi connectivity index (χ0) is 18.6. The minimum atomic E-state index is 0.0120. The van der Waals surface area contributed by atoms with Crippen molar-refractivity contribution in [2.75, 3.05) is 10.6 Å². The number of nitrogens with zero attached hydrogens (tertiary/aromatic N) is 1. The summed E-state index contributed by atoms with van der Waals surface area (Å²) in [6.07, 6.45) is 0.469. The molecule has 1 heterocycles. The molecule has 0 bridgehead atoms. The van der Waals surface area contributed by atoms with Crippen molar-refractivity contribution in [1.82, 2.24) is 4.98 Å². The molecule has 1 aromatic heterocycles. The molecule has 0 radical (unpaired) electrons. The molecule has 5 heteroatoms. The Hall–Kier alpha value is -3.18. The predicted molar refractivity (Wildman–Crippen MR) is 114 cm³/mol. The van der Waals surface area contributed by atoms with Gasteiger partial charge in [-0.25, -0.2) is 4.98 Å². The third-order valence-electron chi connectivity index (χ3n) is 4.32. The van der Waals surface area contributed by atoms with Gasteiger partial charge in [0.2, 0.25) is 5.91 Å². The number of carbonyl (C=O) groups excluding carboxylic acids is 1. The predicted octanol–water partition coefficient (Wildman–Crippen LogP) is 6.06. The second kappa shape index (κ2) is 7.60. The highest BCUT2D eigenvalue weighted by Gasteiger charge is 2.07. The van der Waals surface area contributed by atoms with E-state index in [2.05, 4.69) is 34.9 Å². The lowest BCUT2D eigenvalue weighted by molar-refractivity contribution is -0.115. The van der Waals surface area contributed by atoms with E-state index in [4.69, 9.17) is 4.98 Å². The van der Waals surface area contributed by atoms with Crippen molar-refractivity contribution in [2.45, 2.75) is 13.3 Å². The second-order valence-corrected chi connectivity index (χ2v) is 7.03. The molecule has 0 aliphatic carbocycles. The topological polar surface area (TPSA) is 54.0 Å². The van der Waals surface area contributed by atoms with Crippen LogP contribution in [0.25, 0.3) is 22.0 Å². The fourth-order valence-corrected chi connectivity index (χ4v) is 3.62. The summed E-state index contributed by atoms with van der Waals surface area (Å²) in [6.45, 7) is 1.84. The number of carbonyl (C=O) groups is 1. The SMILES string of the molecule is CCC(=O)Nc1ccc(-c2csc(Nc3cccc4ccccc34)n2)cc1. The second-order valence-electron chi connectivity index (χ2n) is 6.17. The molecule has 134 valence electrons. The molecule has 4 aromatic rings. The van der Waals surface area contributed by atoms with Crippen LogP contribution in [-0.2, 0) is 4.79 Å². The number of amides is 1. The molecule has 3 aromatic carbocycles. The molecule has 0 saturated carbocycles. The van der Waals surface area contributed by atoms with Gasteiger partial charge in [-0.3, -0.25) is 4.79 Å². The average Bonchev–Trinajstić information content (AvgIpc) is 3.17. The van der Waals surface area contributed by atoms with E-state index in [0.717, 1.165) is 27.8 Å². The summed E-state index contributed by atoms with van der Waals surface area (Å²) < 4.78 is 0. The number of thiazole rings is 1. The molecule has 0 aliphatic heterocycles. The number of hydrogen-bond acceptors (Lipinski definition) is 4. The van der Waals surface area contributed by atoms with Crippen LogP contribution in [-0.4, -0.2) is 10.9 Å². The van der Waals surface area contributed by atoms with Crippen molar-refractivity contribution in [3.8, 4) is 11.3 Å². The van der Waals surface area contributed by atoms with E-state index >= 15 is 0 Å². The summed E-state index contributed by atoms with van der Waals surface area (Å²) in [5.41, 5.74) is 3.78. The highest BCUT2D eigenvalue weighted by molar-refractivity contribution is 7.14. The number of anilines is 3. The summed E-state index contributed by atoms with van der Waals surface area (Å²) in [7, 11) is 0. The number of nitrogens with one attached hydrogen (secondary N) is 2. The highest BCUT2D eigenvalue weighted by Crippen LogP contribution is 2.30. The molecule has 4 rings (SSSR count). The molecular formula is C22H19N3OS. The highest BCUT2D eigenvalue weighted by atomic mass is 32.1. The zero-order valence-electron chi connectivity index (χ0n) is 14.9. The molecule has 1 amide bonds. The van der Waals surface area contributed by atoms with Gasteiger partial charge >= 0.3 is 0 Å². The van der Waals surface area contributed by atoms with E-state index < -0.39 is 0 Å². The molecule has 0 atom stereocenters. The largest absolute Gasteiger partial charge is 0.331 e. The van der Waals surface area contributed by atoms with Crippen LogP contribution in [0.5, 0.6) is 0 Å². The minimum Gasteiger partial charge on any atom is -0.331 e. The summed E-state index contributed by atoms with van der Waals surface area (Å²) in [4.78, 5) is 16.2. The molecule has 2 N–H and O–H groups in total. The molecule has 0 fully saturated rings. The number of rotatable bonds is 5. The first-order valence-corrected chi connectivity index (χ1v) is 9.71. The number of hydrogen-bond donors (Lipinski definition) is 2. The van der Waals surface area contributed by atoms with E-state index in [-0.39, 0.29) is 5.91 Å². The Morgan fingerprint density at radius 1 is 1.00 bits per heavy atom. The molecule has 0 unspecified atom stereocenters. The van der Waals surface area contributed by atoms with Gasteiger partial charge in [-0.05, 0) is 23.6 Å². The van der Waals surface area contributed by atoms with Crippen LogP contribution in [0.4, 0.5) is 16.5 Å². The van der Waals surface area contributed by atoms with Crippen LogP contribution in [0.3, 0.4) is 0 Å². The van der Waals surface area contributed by atoms with Gasteiger partial charge in [0.25, 0.3) is 0 Å². The summed E-state index contributed by atoms with van der Waals surface area (Å²) in [5, 5.41) is 11.5. The zero-order valence-corrected chi connectivity index (χ0v) is 15.7. The fourth-order valence-electron chi connectivity index (χ4n) is 2.89. The van der Waals surface area contributed by atoms with Crippen LogP contribution >= 0.6 is 11.3 Å². The Morgan fingerprint density at radius 3 is 2.59 bits per heavy atom. The molecule has 0 aliphatic rings. The maximum atomic E-state index is 11.5. The normalized spacial score (nSPS) is 10.7. The van der Waals surface area contributed by atoms with Gasteiger partial charge in [-0.1, -0.05) is 55.5 Å². The van der Waals surface area contributed by atoms with Crippen molar-refractivity contribution >= 4 is 44.5 Å². The lowest BCUT2D eigenvalue weighted by Crippen LogP contribution is -2.08. The lowest BCUT2D eigenvalue weighted by atomic mass is 10.1. The van der Waals surface area contributed by atoms with Gasteiger partial charge < -0.3 is 10.6 Å². The number of aromatic nitrogens is 1. The minimum absolute atomic E-state index is 0.0120. The van der Waals surface area contributed by atoms with Crippen LogP contribution in [0.2, 0.25) is 0 Å². The number of fused-ring (bicyclic) bond motifs is 1. The van der Waals surface area contributed by atoms with Crippen molar-refractivity contribution in [3.63, 3.8) is 0 Å². The first kappa shape index (κ1) is 17.2. The van der Waals surface area contributed by atoms with Crippen LogP contribution in [0.15, 0.2) is 72.1 Å². The van der Waals surface area contributed by atoms with Gasteiger partial charge in [0.05, 0.1) is 5.69 Å². The quantitative estimate of drug-likeness (QED) is 0.447. The molecule has 0 saturated heterocycles. The van der Waals surface area contributed by atoms with E-state index in [1.54, 1.807) is 11.3 Å². The fraction of sp³-hybridized carbons (Fsp3) is 0.0909. The Balaban J connectivity index is 1.54. The van der Waals surface area contributed by atoms with Gasteiger partial charge in [0.15, 0.2) is 5.13 Å². The summed E-state index contributed by atoms with van der Waals surface area (Å²) >= 11 is 1.57. The maximum Gasteiger partial charge on any atom is 0.224 e. The third kappa shape index (κ3) is 3.83. The van der Waals surface area contributed by atoms with Crippen molar-refractivity contribution in [2.24, 2.45) is 0 Å². The first-order chi connectivity index (χ1) is 13.2. The van der Waals surface area contributed by atoms with Gasteiger partial charge in [-0.15, -0.1) is 11.3 Å². The smallest absolute Gasteiger partial charge is 0.224 e. The lowest BCUT2D eigenvalue weighted by Gasteiger charge is -2.07. The molecule has 27 heavy (non-hydrogen) atoms. The van der Waals surface area contributed by atoms with Crippen molar-refractivity contribution < 1.29 is 4.79 Å². The molecule has 4 nitrogen and oxygen atoms in total. The Kier molecular flexibility index (Phi) is 4.85. The van der Waals surface area contributed by atoms with Crippen molar-refractivity contribution in [3.05, 3.63) is 72.1 Å². The van der Waals surface area contributed by atoms with E-state index in [9.17, 15) is 4.79 Å². The summed E-state index contributed by atoms with van der Waals surface area (Å²) in [6, 6.07) is 22.3. The van der Waals surface area contributed by atoms with Crippen molar-refractivity contribution in [1.29, 1.82) is 0 Å². The van der Waals surface area contributed by atoms with E-state index in [1.165, 1.54) is 10.8 Å². The van der Waals surface area contributed by atoms with E-state index in [1.807, 2.05) is 54.8 Å². The number of benzene rings is 3. The van der Waals surface area contributed by atoms with Gasteiger partial charge in [0.1, 0.15) is 0 Å². The monoisotopic (exact) mass is 373 g/mol. The molecular weight excluding hydrogens is 354 g/mol. The van der Waals surface area contributed by atoms with Crippen LogP contribution in [0, 0.1) is 0 Å². The average molecular weight is 373 g/mol. The Bertz CT molecular complexity index is 1080. The Labute approximate surface area is 161 Å².